The number of rotatable bonds is 6. The van der Waals surface area contributed by atoms with Gasteiger partial charge in [-0.05, 0) is 17.7 Å². The third kappa shape index (κ3) is 3.60. The van der Waals surface area contributed by atoms with Gasteiger partial charge in [-0.15, -0.1) is 0 Å². The summed E-state index contributed by atoms with van der Waals surface area (Å²) in [5.41, 5.74) is 3.22. The van der Waals surface area contributed by atoms with Crippen molar-refractivity contribution in [3.8, 4) is 16.9 Å². The fourth-order valence-electron chi connectivity index (χ4n) is 3.30. The van der Waals surface area contributed by atoms with Crippen molar-refractivity contribution in [3.05, 3.63) is 114 Å². The van der Waals surface area contributed by atoms with Crippen molar-refractivity contribution >= 4 is 11.6 Å². The van der Waals surface area contributed by atoms with E-state index >= 15 is 0 Å². The summed E-state index contributed by atoms with van der Waals surface area (Å²) >= 11 is 0. The lowest BCUT2D eigenvalue weighted by atomic mass is 9.93. The molecule has 0 bridgehead atoms. The van der Waals surface area contributed by atoms with Crippen LogP contribution in [0.25, 0.3) is 11.1 Å². The highest BCUT2D eigenvalue weighted by Crippen LogP contribution is 2.31. The van der Waals surface area contributed by atoms with Gasteiger partial charge in [0, 0.05) is 22.9 Å². The van der Waals surface area contributed by atoms with Crippen molar-refractivity contribution in [3.63, 3.8) is 0 Å². The van der Waals surface area contributed by atoms with Crippen molar-refractivity contribution in [1.29, 1.82) is 0 Å². The molecule has 4 rings (SSSR count). The maximum Gasteiger partial charge on any atom is 0.209 e. The van der Waals surface area contributed by atoms with Crippen molar-refractivity contribution < 1.29 is 14.3 Å². The van der Waals surface area contributed by atoms with Crippen LogP contribution in [0.3, 0.4) is 0 Å². The molecule has 3 aromatic carbocycles. The Morgan fingerprint density at radius 2 is 1.28 bits per heavy atom. The molecule has 0 radical (unpaired) electrons. The summed E-state index contributed by atoms with van der Waals surface area (Å²) in [7, 11) is 1.60. The molecule has 0 fully saturated rings. The minimum absolute atomic E-state index is 0.197. The lowest BCUT2D eigenvalue weighted by Crippen LogP contribution is -2.11. The average Bonchev–Trinajstić information content (AvgIpc) is 3.24. The second kappa shape index (κ2) is 7.98. The number of ketones is 2. The predicted octanol–water partition coefficient (Wildman–Crippen LogP) is 5.15. The molecule has 29 heavy (non-hydrogen) atoms. The fraction of sp³-hybridized carbons (Fsp3) is 0.0400. The van der Waals surface area contributed by atoms with Crippen molar-refractivity contribution in [2.75, 3.05) is 7.11 Å². The second-order valence-corrected chi connectivity index (χ2v) is 6.57. The van der Waals surface area contributed by atoms with Crippen LogP contribution < -0.4 is 4.74 Å². The SMILES string of the molecule is COc1ccc(-c2c[nH]c(C(=O)c3ccccc3)c2C(=O)c2ccccc2)cc1. The Morgan fingerprint density at radius 1 is 0.724 bits per heavy atom. The molecule has 0 saturated heterocycles. The van der Waals surface area contributed by atoms with Crippen LogP contribution in [0.4, 0.5) is 0 Å². The third-order valence-corrected chi connectivity index (χ3v) is 4.81. The van der Waals surface area contributed by atoms with Crippen LogP contribution in [0.1, 0.15) is 32.0 Å². The maximum atomic E-state index is 13.4. The highest BCUT2D eigenvalue weighted by Gasteiger charge is 2.25. The van der Waals surface area contributed by atoms with E-state index in [-0.39, 0.29) is 17.3 Å². The van der Waals surface area contributed by atoms with Crippen molar-refractivity contribution in [2.45, 2.75) is 0 Å². The van der Waals surface area contributed by atoms with E-state index in [4.69, 9.17) is 4.74 Å². The standard InChI is InChI=1S/C25H19NO3/c1-29-20-14-12-17(13-15-20)21-16-26-23(25(28)19-10-6-3-7-11-19)22(21)24(27)18-8-4-2-5-9-18/h2-16,26H,1H3. The van der Waals surface area contributed by atoms with Gasteiger partial charge in [-0.1, -0.05) is 72.8 Å². The number of aromatic amines is 1. The smallest absolute Gasteiger partial charge is 0.209 e. The Balaban J connectivity index is 1.87. The van der Waals surface area contributed by atoms with E-state index in [1.165, 1.54) is 0 Å². The zero-order chi connectivity index (χ0) is 20.2. The van der Waals surface area contributed by atoms with Gasteiger partial charge in [0.2, 0.25) is 5.78 Å². The number of carbonyl (C=O) groups is 2. The number of aromatic nitrogens is 1. The van der Waals surface area contributed by atoms with Gasteiger partial charge in [0.15, 0.2) is 5.78 Å². The van der Waals surface area contributed by atoms with E-state index in [9.17, 15) is 9.59 Å². The summed E-state index contributed by atoms with van der Waals surface area (Å²) in [6, 6.07) is 25.3. The fourth-order valence-corrected chi connectivity index (χ4v) is 3.30. The van der Waals surface area contributed by atoms with Crippen LogP contribution in [-0.4, -0.2) is 23.7 Å². The van der Waals surface area contributed by atoms with Gasteiger partial charge in [-0.25, -0.2) is 0 Å². The van der Waals surface area contributed by atoms with E-state index in [1.807, 2.05) is 48.5 Å². The normalized spacial score (nSPS) is 10.5. The van der Waals surface area contributed by atoms with Gasteiger partial charge in [-0.2, -0.15) is 0 Å². The van der Waals surface area contributed by atoms with Gasteiger partial charge in [0.1, 0.15) is 5.75 Å². The first-order valence-corrected chi connectivity index (χ1v) is 9.24. The van der Waals surface area contributed by atoms with Crippen LogP contribution in [0, 0.1) is 0 Å². The molecule has 0 aliphatic carbocycles. The van der Waals surface area contributed by atoms with Crippen LogP contribution in [0.15, 0.2) is 91.1 Å². The molecule has 4 heteroatoms. The predicted molar refractivity (Wildman–Crippen MR) is 113 cm³/mol. The first kappa shape index (κ1) is 18.4. The number of nitrogens with one attached hydrogen (secondary N) is 1. The summed E-state index contributed by atoms with van der Waals surface area (Å²) in [5, 5.41) is 0. The van der Waals surface area contributed by atoms with Gasteiger partial charge >= 0.3 is 0 Å². The number of ether oxygens (including phenoxy) is 1. The Bertz CT molecular complexity index is 1140. The molecule has 0 atom stereocenters. The highest BCUT2D eigenvalue weighted by atomic mass is 16.5. The van der Waals surface area contributed by atoms with Gasteiger partial charge in [0.05, 0.1) is 18.4 Å². The molecule has 0 aliphatic heterocycles. The quantitative estimate of drug-likeness (QED) is 0.470. The van der Waals surface area contributed by atoms with E-state index in [0.717, 1.165) is 11.3 Å². The molecule has 0 aliphatic rings. The minimum atomic E-state index is -0.218. The van der Waals surface area contributed by atoms with E-state index < -0.39 is 0 Å². The molecule has 1 aromatic heterocycles. The average molecular weight is 381 g/mol. The molecule has 0 amide bonds. The summed E-state index contributed by atoms with van der Waals surface area (Å²) in [6.45, 7) is 0. The molecule has 0 saturated carbocycles. The Labute approximate surface area is 168 Å². The van der Waals surface area contributed by atoms with Gasteiger partial charge in [0.25, 0.3) is 0 Å². The zero-order valence-corrected chi connectivity index (χ0v) is 15.9. The summed E-state index contributed by atoms with van der Waals surface area (Å²) in [5.74, 6) is 0.308. The number of hydrogen-bond donors (Lipinski definition) is 1. The number of methoxy groups -OCH3 is 1. The zero-order valence-electron chi connectivity index (χ0n) is 15.9. The minimum Gasteiger partial charge on any atom is -0.497 e. The number of hydrogen-bond acceptors (Lipinski definition) is 3. The van der Waals surface area contributed by atoms with Crippen LogP contribution in [-0.2, 0) is 0 Å². The molecule has 1 N–H and O–H groups in total. The third-order valence-electron chi connectivity index (χ3n) is 4.81. The Hall–Kier alpha value is -3.92. The maximum absolute atomic E-state index is 13.4. The Kier molecular flexibility index (Phi) is 5.08. The monoisotopic (exact) mass is 381 g/mol. The first-order chi connectivity index (χ1) is 14.2. The first-order valence-electron chi connectivity index (χ1n) is 9.24. The molecule has 4 aromatic rings. The molecular weight excluding hydrogens is 362 g/mol. The summed E-state index contributed by atoms with van der Waals surface area (Å²) < 4.78 is 5.22. The summed E-state index contributed by atoms with van der Waals surface area (Å²) in [4.78, 5) is 29.6. The van der Waals surface area contributed by atoms with Crippen molar-refractivity contribution in [2.24, 2.45) is 0 Å². The second-order valence-electron chi connectivity index (χ2n) is 6.57. The lowest BCUT2D eigenvalue weighted by molar-refractivity contribution is 0.100. The largest absolute Gasteiger partial charge is 0.497 e. The Morgan fingerprint density at radius 3 is 1.83 bits per heavy atom. The molecule has 0 spiro atoms. The topological polar surface area (TPSA) is 59.2 Å². The van der Waals surface area contributed by atoms with Crippen LogP contribution in [0.5, 0.6) is 5.75 Å². The van der Waals surface area contributed by atoms with E-state index in [1.54, 1.807) is 49.7 Å². The highest BCUT2D eigenvalue weighted by molar-refractivity contribution is 6.21. The lowest BCUT2D eigenvalue weighted by Gasteiger charge is -2.08. The van der Waals surface area contributed by atoms with Crippen LogP contribution in [0.2, 0.25) is 0 Å². The van der Waals surface area contributed by atoms with Crippen LogP contribution >= 0.6 is 0 Å². The molecule has 142 valence electrons. The molecule has 1 heterocycles. The number of benzene rings is 3. The summed E-state index contributed by atoms with van der Waals surface area (Å²) in [6.07, 6.45) is 1.72. The molecule has 4 nitrogen and oxygen atoms in total. The van der Waals surface area contributed by atoms with E-state index in [2.05, 4.69) is 4.98 Å². The number of carbonyl (C=O) groups excluding carboxylic acids is 2. The van der Waals surface area contributed by atoms with Crippen molar-refractivity contribution in [1.82, 2.24) is 4.98 Å². The number of H-pyrrole nitrogens is 1. The van der Waals surface area contributed by atoms with Gasteiger partial charge in [-0.3, -0.25) is 9.59 Å². The molecular formula is C25H19NO3. The molecule has 0 unspecified atom stereocenters. The van der Waals surface area contributed by atoms with E-state index in [0.29, 0.717) is 22.3 Å². The van der Waals surface area contributed by atoms with Gasteiger partial charge < -0.3 is 9.72 Å².